The van der Waals surface area contributed by atoms with E-state index in [1.165, 1.54) is 12.1 Å². The molecule has 0 spiro atoms. The molecule has 2 heterocycles. The number of halogens is 2. The van der Waals surface area contributed by atoms with Gasteiger partial charge in [-0.3, -0.25) is 9.59 Å². The molecular formula is C23H22ClFN4O3. The number of hydrogen-bond donors (Lipinski definition) is 0. The zero-order valence-electron chi connectivity index (χ0n) is 17.8. The second-order valence-electron chi connectivity index (χ2n) is 7.63. The molecule has 1 saturated heterocycles. The lowest BCUT2D eigenvalue weighted by Crippen LogP contribution is -2.51. The van der Waals surface area contributed by atoms with Crippen molar-refractivity contribution in [3.63, 3.8) is 0 Å². The van der Waals surface area contributed by atoms with Gasteiger partial charge in [-0.2, -0.15) is 0 Å². The van der Waals surface area contributed by atoms with Crippen LogP contribution in [0.5, 0.6) is 5.75 Å². The van der Waals surface area contributed by atoms with E-state index in [9.17, 15) is 14.0 Å². The van der Waals surface area contributed by atoms with Crippen LogP contribution in [0.3, 0.4) is 0 Å². The topological polar surface area (TPSA) is 75.6 Å². The number of carbonyl (C=O) groups is 2. The van der Waals surface area contributed by atoms with Gasteiger partial charge in [0.2, 0.25) is 0 Å². The van der Waals surface area contributed by atoms with Crippen molar-refractivity contribution in [1.29, 1.82) is 0 Å². The quantitative estimate of drug-likeness (QED) is 0.601. The number of aromatic nitrogens is 2. The van der Waals surface area contributed by atoms with Gasteiger partial charge in [-0.05, 0) is 44.2 Å². The Hall–Kier alpha value is -3.26. The molecule has 0 unspecified atom stereocenters. The Morgan fingerprint density at radius 3 is 2.31 bits per heavy atom. The third-order valence-corrected chi connectivity index (χ3v) is 5.72. The molecule has 1 fully saturated rings. The fraction of sp³-hybridized carbons (Fsp3) is 0.304. The van der Waals surface area contributed by atoms with Crippen LogP contribution in [0.15, 0.2) is 36.4 Å². The zero-order chi connectivity index (χ0) is 22.8. The van der Waals surface area contributed by atoms with Crippen LogP contribution in [0, 0.1) is 19.7 Å². The maximum Gasteiger partial charge on any atom is 0.260 e. The molecule has 0 aliphatic carbocycles. The third kappa shape index (κ3) is 4.65. The lowest BCUT2D eigenvalue weighted by atomic mass is 10.1. The lowest BCUT2D eigenvalue weighted by molar-refractivity contribution is -0.134. The molecule has 0 radical (unpaired) electrons. The van der Waals surface area contributed by atoms with Gasteiger partial charge in [-0.1, -0.05) is 11.6 Å². The molecular weight excluding hydrogens is 435 g/mol. The average molecular weight is 457 g/mol. The smallest absolute Gasteiger partial charge is 0.260 e. The molecule has 3 aromatic rings. The number of nitrogens with zero attached hydrogens (tertiary/aromatic N) is 4. The number of amides is 2. The predicted octanol–water partition coefficient (Wildman–Crippen LogP) is 3.40. The Morgan fingerprint density at radius 1 is 1.00 bits per heavy atom. The zero-order valence-corrected chi connectivity index (χ0v) is 18.5. The summed E-state index contributed by atoms with van der Waals surface area (Å²) in [6.07, 6.45) is 0. The van der Waals surface area contributed by atoms with Crippen molar-refractivity contribution in [2.45, 2.75) is 13.8 Å². The van der Waals surface area contributed by atoms with E-state index in [4.69, 9.17) is 16.3 Å². The SMILES string of the molecule is Cc1nc2cc(F)cc(C(=O)N3CCN(C(=O)COc4ccc(Cl)cc4)CC3)c2nc1C. The molecule has 2 aromatic carbocycles. The van der Waals surface area contributed by atoms with Crippen molar-refractivity contribution in [2.75, 3.05) is 32.8 Å². The fourth-order valence-electron chi connectivity index (χ4n) is 3.56. The molecule has 0 saturated carbocycles. The third-order valence-electron chi connectivity index (χ3n) is 5.47. The normalized spacial score (nSPS) is 14.0. The molecule has 0 N–H and O–H groups in total. The number of carbonyl (C=O) groups excluding carboxylic acids is 2. The second-order valence-corrected chi connectivity index (χ2v) is 8.07. The summed E-state index contributed by atoms with van der Waals surface area (Å²) in [5.74, 6) is -0.468. The van der Waals surface area contributed by atoms with Crippen LogP contribution in [-0.2, 0) is 4.79 Å². The van der Waals surface area contributed by atoms with Gasteiger partial charge in [0.05, 0.1) is 22.5 Å². The van der Waals surface area contributed by atoms with Crippen LogP contribution in [-0.4, -0.2) is 64.4 Å². The van der Waals surface area contributed by atoms with Crippen LogP contribution in [0.2, 0.25) is 5.02 Å². The second kappa shape index (κ2) is 9.08. The minimum atomic E-state index is -0.536. The average Bonchev–Trinajstić information content (AvgIpc) is 2.79. The number of fused-ring (bicyclic) bond motifs is 1. The summed E-state index contributed by atoms with van der Waals surface area (Å²) >= 11 is 5.84. The van der Waals surface area contributed by atoms with E-state index in [1.807, 2.05) is 0 Å². The number of hydrogen-bond acceptors (Lipinski definition) is 5. The molecule has 2 amide bonds. The van der Waals surface area contributed by atoms with Crippen LogP contribution in [0.25, 0.3) is 11.0 Å². The van der Waals surface area contributed by atoms with E-state index in [0.29, 0.717) is 59.4 Å². The number of aryl methyl sites for hydroxylation is 2. The maximum absolute atomic E-state index is 14.2. The van der Waals surface area contributed by atoms with Crippen molar-refractivity contribution in [3.05, 3.63) is 64.2 Å². The van der Waals surface area contributed by atoms with Gasteiger partial charge >= 0.3 is 0 Å². The number of ether oxygens (including phenoxy) is 1. The molecule has 7 nitrogen and oxygen atoms in total. The molecule has 9 heteroatoms. The minimum Gasteiger partial charge on any atom is -0.484 e. The summed E-state index contributed by atoms with van der Waals surface area (Å²) in [4.78, 5) is 37.7. The molecule has 1 aromatic heterocycles. The van der Waals surface area contributed by atoms with E-state index < -0.39 is 5.82 Å². The van der Waals surface area contributed by atoms with Gasteiger partial charge in [0, 0.05) is 37.3 Å². The standard InChI is InChI=1S/C23H22ClFN4O3/c1-14-15(2)27-22-19(11-17(25)12-20(22)26-14)23(31)29-9-7-28(8-10-29)21(30)13-32-18-5-3-16(24)4-6-18/h3-6,11-12H,7-10,13H2,1-2H3. The van der Waals surface area contributed by atoms with Crippen molar-refractivity contribution in [1.82, 2.24) is 19.8 Å². The lowest BCUT2D eigenvalue weighted by Gasteiger charge is -2.34. The van der Waals surface area contributed by atoms with Gasteiger partial charge in [-0.15, -0.1) is 0 Å². The summed E-state index contributed by atoms with van der Waals surface area (Å²) in [6.45, 7) is 4.90. The number of piperazine rings is 1. The summed E-state index contributed by atoms with van der Waals surface area (Å²) in [5.41, 5.74) is 2.30. The molecule has 4 rings (SSSR count). The van der Waals surface area contributed by atoms with E-state index in [0.717, 1.165) is 0 Å². The highest BCUT2D eigenvalue weighted by molar-refractivity contribution is 6.30. The molecule has 0 bridgehead atoms. The predicted molar refractivity (Wildman–Crippen MR) is 118 cm³/mol. The van der Waals surface area contributed by atoms with Crippen LogP contribution in [0.1, 0.15) is 21.7 Å². The molecule has 1 aliphatic heterocycles. The molecule has 166 valence electrons. The number of benzene rings is 2. The van der Waals surface area contributed by atoms with E-state index >= 15 is 0 Å². The van der Waals surface area contributed by atoms with Crippen molar-refractivity contribution in [2.24, 2.45) is 0 Å². The van der Waals surface area contributed by atoms with Crippen molar-refractivity contribution < 1.29 is 18.7 Å². The molecule has 0 atom stereocenters. The summed E-state index contributed by atoms with van der Waals surface area (Å²) in [6, 6.07) is 9.25. The van der Waals surface area contributed by atoms with Gasteiger partial charge in [0.1, 0.15) is 17.1 Å². The Labute approximate surface area is 189 Å². The first-order valence-corrected chi connectivity index (χ1v) is 10.6. The van der Waals surface area contributed by atoms with Crippen LogP contribution < -0.4 is 4.74 Å². The van der Waals surface area contributed by atoms with E-state index in [1.54, 1.807) is 47.9 Å². The largest absolute Gasteiger partial charge is 0.484 e. The monoisotopic (exact) mass is 456 g/mol. The highest BCUT2D eigenvalue weighted by atomic mass is 35.5. The molecule has 32 heavy (non-hydrogen) atoms. The van der Waals surface area contributed by atoms with Crippen LogP contribution in [0.4, 0.5) is 4.39 Å². The molecule has 1 aliphatic rings. The highest BCUT2D eigenvalue weighted by Crippen LogP contribution is 2.21. The summed E-state index contributed by atoms with van der Waals surface area (Å²) in [5, 5.41) is 0.590. The van der Waals surface area contributed by atoms with Crippen LogP contribution >= 0.6 is 11.6 Å². The van der Waals surface area contributed by atoms with E-state index in [2.05, 4.69) is 9.97 Å². The first kappa shape index (κ1) is 22.0. The van der Waals surface area contributed by atoms with Gasteiger partial charge in [0.25, 0.3) is 11.8 Å². The first-order valence-electron chi connectivity index (χ1n) is 10.2. The Morgan fingerprint density at radius 2 is 1.62 bits per heavy atom. The summed E-state index contributed by atoms with van der Waals surface area (Å²) < 4.78 is 19.7. The van der Waals surface area contributed by atoms with Crippen molar-refractivity contribution >= 4 is 34.4 Å². The van der Waals surface area contributed by atoms with Gasteiger partial charge in [-0.25, -0.2) is 14.4 Å². The van der Waals surface area contributed by atoms with Gasteiger partial charge < -0.3 is 14.5 Å². The summed E-state index contributed by atoms with van der Waals surface area (Å²) in [7, 11) is 0. The van der Waals surface area contributed by atoms with Crippen molar-refractivity contribution in [3.8, 4) is 5.75 Å². The van der Waals surface area contributed by atoms with E-state index in [-0.39, 0.29) is 24.0 Å². The maximum atomic E-state index is 14.2. The minimum absolute atomic E-state index is 0.0989. The Kier molecular flexibility index (Phi) is 6.23. The first-order chi connectivity index (χ1) is 15.3. The number of rotatable bonds is 4. The Balaban J connectivity index is 1.41. The van der Waals surface area contributed by atoms with Gasteiger partial charge in [0.15, 0.2) is 6.61 Å². The fourth-order valence-corrected chi connectivity index (χ4v) is 3.68. The highest BCUT2D eigenvalue weighted by Gasteiger charge is 2.27. The Bertz CT molecular complexity index is 1180.